The third kappa shape index (κ3) is 2.59. The molecule has 4 nitrogen and oxygen atoms in total. The van der Waals surface area contributed by atoms with Crippen molar-refractivity contribution in [1.29, 1.82) is 0 Å². The summed E-state index contributed by atoms with van der Waals surface area (Å²) < 4.78 is 12.9. The Morgan fingerprint density at radius 3 is 2.88 bits per heavy atom. The van der Waals surface area contributed by atoms with Gasteiger partial charge < -0.3 is 10.4 Å². The van der Waals surface area contributed by atoms with Gasteiger partial charge in [0.1, 0.15) is 5.82 Å². The van der Waals surface area contributed by atoms with Gasteiger partial charge in [-0.25, -0.2) is 14.2 Å². The van der Waals surface area contributed by atoms with Crippen LogP contribution in [0.1, 0.15) is 15.4 Å². The van der Waals surface area contributed by atoms with E-state index >= 15 is 0 Å². The molecule has 1 aromatic carbocycles. The maximum absolute atomic E-state index is 12.9. The highest BCUT2D eigenvalue weighted by molar-refractivity contribution is 7.15. The van der Waals surface area contributed by atoms with Gasteiger partial charge in [-0.15, -0.1) is 11.3 Å². The van der Waals surface area contributed by atoms with E-state index in [9.17, 15) is 9.18 Å². The van der Waals surface area contributed by atoms with E-state index in [4.69, 9.17) is 5.11 Å². The average Bonchev–Trinajstić information content (AvgIpc) is 2.59. The van der Waals surface area contributed by atoms with E-state index in [0.717, 1.165) is 0 Å². The van der Waals surface area contributed by atoms with Crippen LogP contribution in [0.4, 0.5) is 15.2 Å². The van der Waals surface area contributed by atoms with E-state index in [1.165, 1.54) is 23.5 Å². The highest BCUT2D eigenvalue weighted by atomic mass is 32.1. The quantitative estimate of drug-likeness (QED) is 0.881. The van der Waals surface area contributed by atoms with Crippen LogP contribution in [0, 0.1) is 12.7 Å². The highest BCUT2D eigenvalue weighted by Gasteiger charge is 2.13. The molecule has 0 aliphatic rings. The molecular formula is C11H9FN2O2S. The molecule has 0 amide bonds. The molecule has 2 aromatic rings. The molecular weight excluding hydrogens is 243 g/mol. The lowest BCUT2D eigenvalue weighted by atomic mass is 10.3. The molecule has 0 aliphatic carbocycles. The number of carboxylic acid groups (broad SMARTS) is 1. The molecule has 1 aromatic heterocycles. The Morgan fingerprint density at radius 1 is 1.53 bits per heavy atom. The van der Waals surface area contributed by atoms with Crippen LogP contribution in [-0.2, 0) is 0 Å². The first-order valence-corrected chi connectivity index (χ1v) is 5.61. The number of hydrogen-bond acceptors (Lipinski definition) is 4. The molecule has 0 radical (unpaired) electrons. The second kappa shape index (κ2) is 4.50. The zero-order valence-electron chi connectivity index (χ0n) is 8.90. The summed E-state index contributed by atoms with van der Waals surface area (Å²) in [6, 6.07) is 5.90. The maximum Gasteiger partial charge on any atom is 0.355 e. The number of carboxylic acids is 1. The van der Waals surface area contributed by atoms with Crippen molar-refractivity contribution in [3.63, 3.8) is 0 Å². The van der Waals surface area contributed by atoms with Crippen molar-refractivity contribution in [3.8, 4) is 0 Å². The summed E-state index contributed by atoms with van der Waals surface area (Å²) in [6.45, 7) is 1.68. The first-order chi connectivity index (χ1) is 8.06. The lowest BCUT2D eigenvalue weighted by Gasteiger charge is -2.01. The smallest absolute Gasteiger partial charge is 0.355 e. The highest BCUT2D eigenvalue weighted by Crippen LogP contribution is 2.25. The van der Waals surface area contributed by atoms with Crippen LogP contribution >= 0.6 is 11.3 Å². The molecule has 0 saturated carbocycles. The van der Waals surface area contributed by atoms with Crippen LogP contribution in [0.2, 0.25) is 0 Å². The summed E-state index contributed by atoms with van der Waals surface area (Å²) in [5.74, 6) is -1.42. The minimum atomic E-state index is -1.06. The van der Waals surface area contributed by atoms with Gasteiger partial charge in [0.15, 0.2) is 10.8 Å². The van der Waals surface area contributed by atoms with Gasteiger partial charge in [0.05, 0.1) is 0 Å². The minimum Gasteiger partial charge on any atom is -0.476 e. The molecule has 17 heavy (non-hydrogen) atoms. The van der Waals surface area contributed by atoms with E-state index in [0.29, 0.717) is 15.7 Å². The van der Waals surface area contributed by atoms with Gasteiger partial charge in [-0.3, -0.25) is 0 Å². The third-order valence-electron chi connectivity index (χ3n) is 2.08. The fourth-order valence-corrected chi connectivity index (χ4v) is 2.16. The first kappa shape index (κ1) is 11.5. The number of nitrogens with one attached hydrogen (secondary N) is 1. The maximum atomic E-state index is 12.9. The Bertz CT molecular complexity index is 568. The van der Waals surface area contributed by atoms with Gasteiger partial charge >= 0.3 is 5.97 Å². The van der Waals surface area contributed by atoms with E-state index in [1.807, 2.05) is 0 Å². The summed E-state index contributed by atoms with van der Waals surface area (Å²) in [6.07, 6.45) is 0. The van der Waals surface area contributed by atoms with Crippen molar-refractivity contribution in [2.24, 2.45) is 0 Å². The lowest BCUT2D eigenvalue weighted by Crippen LogP contribution is -1.99. The van der Waals surface area contributed by atoms with E-state index in [1.54, 1.807) is 19.1 Å². The zero-order chi connectivity index (χ0) is 12.4. The van der Waals surface area contributed by atoms with Gasteiger partial charge in [0.25, 0.3) is 0 Å². The SMILES string of the molecule is Cc1sc(Nc2cccc(F)c2)nc1C(=O)O. The van der Waals surface area contributed by atoms with E-state index < -0.39 is 5.97 Å². The average molecular weight is 252 g/mol. The van der Waals surface area contributed by atoms with Crippen LogP contribution in [0.15, 0.2) is 24.3 Å². The second-order valence-electron chi connectivity index (χ2n) is 3.36. The summed E-state index contributed by atoms with van der Waals surface area (Å²) >= 11 is 1.22. The summed E-state index contributed by atoms with van der Waals surface area (Å²) in [5, 5.41) is 12.1. The Balaban J connectivity index is 2.25. The largest absolute Gasteiger partial charge is 0.476 e. The number of rotatable bonds is 3. The first-order valence-electron chi connectivity index (χ1n) is 4.79. The van der Waals surface area contributed by atoms with Crippen molar-refractivity contribution in [1.82, 2.24) is 4.98 Å². The Labute approximate surface area is 101 Å². The zero-order valence-corrected chi connectivity index (χ0v) is 9.71. The van der Waals surface area contributed by atoms with E-state index in [-0.39, 0.29) is 11.5 Å². The van der Waals surface area contributed by atoms with Gasteiger partial charge in [-0.05, 0) is 25.1 Å². The molecule has 6 heteroatoms. The van der Waals surface area contributed by atoms with Crippen LogP contribution in [0.5, 0.6) is 0 Å². The van der Waals surface area contributed by atoms with Crippen molar-refractivity contribution in [3.05, 3.63) is 40.7 Å². The van der Waals surface area contributed by atoms with Crippen molar-refractivity contribution in [2.45, 2.75) is 6.92 Å². The van der Waals surface area contributed by atoms with Crippen molar-refractivity contribution in [2.75, 3.05) is 5.32 Å². The topological polar surface area (TPSA) is 62.2 Å². The number of aromatic carboxylic acids is 1. The molecule has 2 rings (SSSR count). The predicted molar refractivity (Wildman–Crippen MR) is 63.5 cm³/mol. The van der Waals surface area contributed by atoms with Crippen molar-refractivity contribution >= 4 is 28.1 Å². The van der Waals surface area contributed by atoms with Gasteiger partial charge in [-0.2, -0.15) is 0 Å². The Kier molecular flexibility index (Phi) is 3.06. The second-order valence-corrected chi connectivity index (χ2v) is 4.57. The lowest BCUT2D eigenvalue weighted by molar-refractivity contribution is 0.0690. The van der Waals surface area contributed by atoms with Crippen LogP contribution in [-0.4, -0.2) is 16.1 Å². The number of thiazole rings is 1. The molecule has 0 aliphatic heterocycles. The Morgan fingerprint density at radius 2 is 2.29 bits per heavy atom. The number of hydrogen-bond donors (Lipinski definition) is 2. The molecule has 0 spiro atoms. The normalized spacial score (nSPS) is 10.2. The molecule has 1 heterocycles. The predicted octanol–water partition coefficient (Wildman–Crippen LogP) is 3.03. The number of benzene rings is 1. The number of aromatic nitrogens is 1. The van der Waals surface area contributed by atoms with Crippen LogP contribution in [0.3, 0.4) is 0 Å². The summed E-state index contributed by atoms with van der Waals surface area (Å²) in [5.41, 5.74) is 0.560. The van der Waals surface area contributed by atoms with E-state index in [2.05, 4.69) is 10.3 Å². The molecule has 2 N–H and O–H groups in total. The van der Waals surface area contributed by atoms with Gasteiger partial charge in [-0.1, -0.05) is 6.07 Å². The third-order valence-corrected chi connectivity index (χ3v) is 2.96. The minimum absolute atomic E-state index is 0.0221. The number of anilines is 2. The molecule has 0 bridgehead atoms. The van der Waals surface area contributed by atoms with Gasteiger partial charge in [0, 0.05) is 10.6 Å². The summed E-state index contributed by atoms with van der Waals surface area (Å²) in [4.78, 5) is 15.3. The molecule has 0 atom stereocenters. The molecule has 0 fully saturated rings. The fraction of sp³-hybridized carbons (Fsp3) is 0.0909. The number of halogens is 1. The van der Waals surface area contributed by atoms with Crippen molar-refractivity contribution < 1.29 is 14.3 Å². The summed E-state index contributed by atoms with van der Waals surface area (Å²) in [7, 11) is 0. The molecule has 0 unspecified atom stereocenters. The number of nitrogens with zero attached hydrogens (tertiary/aromatic N) is 1. The standard InChI is InChI=1S/C11H9FN2O2S/c1-6-9(10(15)16)14-11(17-6)13-8-4-2-3-7(12)5-8/h2-5H,1H3,(H,13,14)(H,15,16). The molecule has 0 saturated heterocycles. The van der Waals surface area contributed by atoms with Crippen LogP contribution in [0.25, 0.3) is 0 Å². The van der Waals surface area contributed by atoms with Gasteiger partial charge in [0.2, 0.25) is 0 Å². The fourth-order valence-electron chi connectivity index (χ4n) is 1.34. The molecule has 88 valence electrons. The van der Waals surface area contributed by atoms with Crippen LogP contribution < -0.4 is 5.32 Å². The number of aryl methyl sites for hydroxylation is 1. The number of carbonyl (C=O) groups is 1. The Hall–Kier alpha value is -1.95. The monoisotopic (exact) mass is 252 g/mol.